The minimum Gasteiger partial charge on any atom is -0.467 e. The molecule has 28 heavy (non-hydrogen) atoms. The zero-order valence-electron chi connectivity index (χ0n) is 15.6. The van der Waals surface area contributed by atoms with Crippen molar-refractivity contribution in [1.29, 1.82) is 0 Å². The van der Waals surface area contributed by atoms with Gasteiger partial charge in [-0.05, 0) is 36.8 Å². The molecule has 0 spiro atoms. The Kier molecular flexibility index (Phi) is 6.92. The van der Waals surface area contributed by atoms with Crippen molar-refractivity contribution in [2.24, 2.45) is 0 Å². The number of carbonyl (C=O) groups excluding carboxylic acids is 2. The molecule has 0 aliphatic rings. The molecular weight excluding hydrogens is 372 g/mol. The van der Waals surface area contributed by atoms with E-state index in [-0.39, 0.29) is 23.6 Å². The minimum absolute atomic E-state index is 0.108. The summed E-state index contributed by atoms with van der Waals surface area (Å²) in [5.74, 6) is 0.650. The van der Waals surface area contributed by atoms with Crippen molar-refractivity contribution in [1.82, 2.24) is 10.6 Å². The number of thioether (sulfide) groups is 1. The summed E-state index contributed by atoms with van der Waals surface area (Å²) in [4.78, 5) is 25.6. The fourth-order valence-corrected chi connectivity index (χ4v) is 3.55. The number of nitrogens with one attached hydrogen (secondary N) is 2. The quantitative estimate of drug-likeness (QED) is 0.562. The highest BCUT2D eigenvalue weighted by Crippen LogP contribution is 2.23. The number of amides is 2. The van der Waals surface area contributed by atoms with Crippen LogP contribution in [-0.2, 0) is 11.3 Å². The number of rotatable bonds is 8. The lowest BCUT2D eigenvalue weighted by Gasteiger charge is -2.16. The van der Waals surface area contributed by atoms with Gasteiger partial charge in [0.1, 0.15) is 5.76 Å². The van der Waals surface area contributed by atoms with Crippen molar-refractivity contribution in [3.63, 3.8) is 0 Å². The third kappa shape index (κ3) is 5.50. The number of hydrogen-bond acceptors (Lipinski definition) is 4. The van der Waals surface area contributed by atoms with E-state index < -0.39 is 0 Å². The number of hydrogen-bond donors (Lipinski definition) is 2. The second kappa shape index (κ2) is 9.80. The van der Waals surface area contributed by atoms with E-state index in [1.165, 1.54) is 11.8 Å². The third-order valence-corrected chi connectivity index (χ3v) is 5.25. The molecule has 2 N–H and O–H groups in total. The Labute approximate surface area is 168 Å². The van der Waals surface area contributed by atoms with Crippen LogP contribution < -0.4 is 10.6 Å². The Morgan fingerprint density at radius 1 is 1.00 bits per heavy atom. The van der Waals surface area contributed by atoms with Gasteiger partial charge >= 0.3 is 0 Å². The standard InChI is InChI=1S/C22H22N2O3S/c1-16(17-8-3-2-4-9-17)24-22(26)19-11-5-6-12-20(19)28-15-21(25)23-14-18-10-7-13-27-18/h2-13,16H,14-15H2,1H3,(H,23,25)(H,24,26). The van der Waals surface area contributed by atoms with Gasteiger partial charge in [0.25, 0.3) is 5.91 Å². The summed E-state index contributed by atoms with van der Waals surface area (Å²) in [6.07, 6.45) is 1.57. The first-order valence-electron chi connectivity index (χ1n) is 9.00. The van der Waals surface area contributed by atoms with Gasteiger partial charge < -0.3 is 15.1 Å². The molecule has 0 aliphatic heterocycles. The van der Waals surface area contributed by atoms with Crippen molar-refractivity contribution in [3.8, 4) is 0 Å². The lowest BCUT2D eigenvalue weighted by molar-refractivity contribution is -0.118. The van der Waals surface area contributed by atoms with Gasteiger partial charge in [-0.2, -0.15) is 0 Å². The zero-order valence-corrected chi connectivity index (χ0v) is 16.4. The van der Waals surface area contributed by atoms with E-state index in [2.05, 4.69) is 10.6 Å². The molecule has 0 fully saturated rings. The summed E-state index contributed by atoms with van der Waals surface area (Å²) in [7, 11) is 0. The molecule has 1 aromatic heterocycles. The number of carbonyl (C=O) groups is 2. The summed E-state index contributed by atoms with van der Waals surface area (Å²) in [6.45, 7) is 2.30. The van der Waals surface area contributed by atoms with E-state index in [1.54, 1.807) is 24.5 Å². The summed E-state index contributed by atoms with van der Waals surface area (Å²) < 4.78 is 5.20. The van der Waals surface area contributed by atoms with Crippen LogP contribution >= 0.6 is 11.8 Å². The predicted octanol–water partition coefficient (Wildman–Crippen LogP) is 4.18. The molecule has 1 unspecified atom stereocenters. The van der Waals surface area contributed by atoms with Crippen molar-refractivity contribution < 1.29 is 14.0 Å². The third-order valence-electron chi connectivity index (χ3n) is 4.18. The van der Waals surface area contributed by atoms with E-state index in [4.69, 9.17) is 4.42 Å². The normalized spacial score (nSPS) is 11.6. The molecule has 5 nitrogen and oxygen atoms in total. The summed E-state index contributed by atoms with van der Waals surface area (Å²) in [5, 5.41) is 5.82. The van der Waals surface area contributed by atoms with Crippen LogP contribution in [0.2, 0.25) is 0 Å². The van der Waals surface area contributed by atoms with Gasteiger partial charge in [-0.25, -0.2) is 0 Å². The summed E-state index contributed by atoms with van der Waals surface area (Å²) >= 11 is 1.34. The van der Waals surface area contributed by atoms with Crippen LogP contribution in [0.1, 0.15) is 34.6 Å². The maximum Gasteiger partial charge on any atom is 0.252 e. The van der Waals surface area contributed by atoms with Gasteiger partial charge in [-0.15, -0.1) is 11.8 Å². The first-order valence-corrected chi connectivity index (χ1v) is 9.99. The Hall–Kier alpha value is -2.99. The van der Waals surface area contributed by atoms with Crippen molar-refractivity contribution in [2.45, 2.75) is 24.4 Å². The molecule has 1 atom stereocenters. The Morgan fingerprint density at radius 2 is 1.75 bits per heavy atom. The highest BCUT2D eigenvalue weighted by atomic mass is 32.2. The number of furan rings is 1. The van der Waals surface area contributed by atoms with Crippen molar-refractivity contribution in [3.05, 3.63) is 89.9 Å². The molecule has 0 aliphatic carbocycles. The van der Waals surface area contributed by atoms with Gasteiger partial charge in [0.15, 0.2) is 0 Å². The predicted molar refractivity (Wildman–Crippen MR) is 110 cm³/mol. The Bertz CT molecular complexity index is 911. The Morgan fingerprint density at radius 3 is 2.50 bits per heavy atom. The fraction of sp³-hybridized carbons (Fsp3) is 0.182. The second-order valence-corrected chi connectivity index (χ2v) is 7.26. The van der Waals surface area contributed by atoms with E-state index in [0.29, 0.717) is 17.9 Å². The molecule has 6 heteroatoms. The molecule has 2 amide bonds. The average molecular weight is 394 g/mol. The molecular formula is C22H22N2O3S. The van der Waals surface area contributed by atoms with Crippen LogP contribution in [-0.4, -0.2) is 17.6 Å². The fourth-order valence-electron chi connectivity index (χ4n) is 2.67. The lowest BCUT2D eigenvalue weighted by atomic mass is 10.1. The van der Waals surface area contributed by atoms with E-state index in [1.807, 2.05) is 55.5 Å². The maximum absolute atomic E-state index is 12.7. The first kappa shape index (κ1) is 19.8. The molecule has 0 radical (unpaired) electrons. The van der Waals surface area contributed by atoms with Crippen molar-refractivity contribution >= 4 is 23.6 Å². The Balaban J connectivity index is 1.57. The van der Waals surface area contributed by atoms with Crippen molar-refractivity contribution in [2.75, 3.05) is 5.75 Å². The molecule has 144 valence electrons. The smallest absolute Gasteiger partial charge is 0.252 e. The van der Waals surface area contributed by atoms with Gasteiger partial charge in [0.05, 0.1) is 30.2 Å². The summed E-state index contributed by atoms with van der Waals surface area (Å²) in [5.41, 5.74) is 1.60. The molecule has 0 saturated heterocycles. The van der Waals surface area contributed by atoms with E-state index in [0.717, 1.165) is 10.5 Å². The molecule has 2 aromatic carbocycles. The van der Waals surface area contributed by atoms with Crippen LogP contribution in [0.5, 0.6) is 0 Å². The molecule has 0 saturated carbocycles. The van der Waals surface area contributed by atoms with E-state index >= 15 is 0 Å². The number of benzene rings is 2. The van der Waals surface area contributed by atoms with Crippen LogP contribution in [0.4, 0.5) is 0 Å². The maximum atomic E-state index is 12.7. The molecule has 3 aromatic rings. The largest absolute Gasteiger partial charge is 0.467 e. The van der Waals surface area contributed by atoms with Gasteiger partial charge in [-0.1, -0.05) is 42.5 Å². The minimum atomic E-state index is -0.157. The molecule has 1 heterocycles. The highest BCUT2D eigenvalue weighted by Gasteiger charge is 2.15. The monoisotopic (exact) mass is 394 g/mol. The van der Waals surface area contributed by atoms with Gasteiger partial charge in [0, 0.05) is 4.90 Å². The SMILES string of the molecule is CC(NC(=O)c1ccccc1SCC(=O)NCc1ccco1)c1ccccc1. The molecule has 0 bridgehead atoms. The summed E-state index contributed by atoms with van der Waals surface area (Å²) in [6, 6.07) is 20.6. The van der Waals surface area contributed by atoms with Gasteiger partial charge in [0.2, 0.25) is 5.91 Å². The van der Waals surface area contributed by atoms with Crippen LogP contribution in [0.15, 0.2) is 82.3 Å². The highest BCUT2D eigenvalue weighted by molar-refractivity contribution is 8.00. The van der Waals surface area contributed by atoms with Crippen LogP contribution in [0, 0.1) is 0 Å². The second-order valence-electron chi connectivity index (χ2n) is 6.25. The van der Waals surface area contributed by atoms with E-state index in [9.17, 15) is 9.59 Å². The van der Waals surface area contributed by atoms with Crippen LogP contribution in [0.3, 0.4) is 0 Å². The average Bonchev–Trinajstić information content (AvgIpc) is 3.25. The first-order chi connectivity index (χ1) is 13.6. The zero-order chi connectivity index (χ0) is 19.8. The molecule has 3 rings (SSSR count). The topological polar surface area (TPSA) is 71.3 Å². The van der Waals surface area contributed by atoms with Crippen LogP contribution in [0.25, 0.3) is 0 Å². The lowest BCUT2D eigenvalue weighted by Crippen LogP contribution is -2.27. The van der Waals surface area contributed by atoms with Gasteiger partial charge in [-0.3, -0.25) is 9.59 Å².